The molecule has 2 amide bonds. The molecule has 0 radical (unpaired) electrons. The molecule has 0 aromatic heterocycles. The number of aryl methyl sites for hydroxylation is 1. The highest BCUT2D eigenvalue weighted by Crippen LogP contribution is 2.35. The van der Waals surface area contributed by atoms with Crippen molar-refractivity contribution in [1.82, 2.24) is 0 Å². The van der Waals surface area contributed by atoms with E-state index in [4.69, 9.17) is 32.7 Å². The number of hydrogen-bond donors (Lipinski definition) is 2. The molecule has 8 heteroatoms. The van der Waals surface area contributed by atoms with Crippen molar-refractivity contribution in [2.45, 2.75) is 6.92 Å². The first-order valence-electron chi connectivity index (χ1n) is 9.30. The number of benzene rings is 3. The molecule has 3 rings (SSSR count). The normalized spacial score (nSPS) is 10.3. The van der Waals surface area contributed by atoms with Crippen LogP contribution in [0.25, 0.3) is 0 Å². The van der Waals surface area contributed by atoms with Gasteiger partial charge in [0.2, 0.25) is 0 Å². The van der Waals surface area contributed by atoms with Gasteiger partial charge in [-0.1, -0.05) is 41.4 Å². The molecular formula is C23H20Cl2N2O4. The predicted molar refractivity (Wildman–Crippen MR) is 123 cm³/mol. The molecule has 0 heterocycles. The van der Waals surface area contributed by atoms with E-state index in [2.05, 4.69) is 10.6 Å². The van der Waals surface area contributed by atoms with Crippen LogP contribution in [0.4, 0.5) is 11.4 Å². The Balaban J connectivity index is 1.69. The summed E-state index contributed by atoms with van der Waals surface area (Å²) in [7, 11) is 1.45. The smallest absolute Gasteiger partial charge is 0.262 e. The Bertz CT molecular complexity index is 1100. The third-order valence-corrected chi connectivity index (χ3v) is 4.93. The molecule has 31 heavy (non-hydrogen) atoms. The molecule has 6 nitrogen and oxygen atoms in total. The molecule has 0 fully saturated rings. The number of carbonyl (C=O) groups is 2. The fraction of sp³-hybridized carbons (Fsp3) is 0.130. The van der Waals surface area contributed by atoms with Gasteiger partial charge in [-0.3, -0.25) is 9.59 Å². The van der Waals surface area contributed by atoms with Gasteiger partial charge in [0.15, 0.2) is 6.61 Å². The summed E-state index contributed by atoms with van der Waals surface area (Å²) in [5.74, 6) is 0.225. The lowest BCUT2D eigenvalue weighted by Crippen LogP contribution is -2.21. The quantitative estimate of drug-likeness (QED) is 0.484. The van der Waals surface area contributed by atoms with Gasteiger partial charge in [0.25, 0.3) is 11.8 Å². The number of halogens is 2. The maximum absolute atomic E-state index is 12.5. The summed E-state index contributed by atoms with van der Waals surface area (Å²) in [4.78, 5) is 24.8. The highest BCUT2D eigenvalue weighted by Gasteiger charge is 2.15. The number of para-hydroxylation sites is 1. The zero-order chi connectivity index (χ0) is 22.4. The lowest BCUT2D eigenvalue weighted by molar-refractivity contribution is -0.118. The fourth-order valence-corrected chi connectivity index (χ4v) is 3.10. The fourth-order valence-electron chi connectivity index (χ4n) is 2.76. The molecule has 0 aliphatic carbocycles. The largest absolute Gasteiger partial charge is 0.494 e. The predicted octanol–water partition coefficient (Wildman–Crippen LogP) is 5.58. The van der Waals surface area contributed by atoms with Crippen molar-refractivity contribution in [3.05, 3.63) is 81.8 Å². The minimum Gasteiger partial charge on any atom is -0.494 e. The Labute approximate surface area is 190 Å². The molecule has 0 saturated carbocycles. The molecule has 0 atom stereocenters. The molecule has 0 unspecified atom stereocenters. The number of hydrogen-bond acceptors (Lipinski definition) is 4. The van der Waals surface area contributed by atoms with E-state index >= 15 is 0 Å². The summed E-state index contributed by atoms with van der Waals surface area (Å²) in [6.45, 7) is 1.71. The number of rotatable bonds is 7. The Morgan fingerprint density at radius 3 is 2.29 bits per heavy atom. The number of anilines is 2. The van der Waals surface area contributed by atoms with E-state index in [9.17, 15) is 9.59 Å². The number of ether oxygens (including phenoxy) is 2. The van der Waals surface area contributed by atoms with Gasteiger partial charge in [-0.15, -0.1) is 0 Å². The molecule has 2 N–H and O–H groups in total. The Hall–Kier alpha value is -3.22. The Morgan fingerprint density at radius 2 is 1.61 bits per heavy atom. The molecule has 0 spiro atoms. The molecule has 0 aliphatic heterocycles. The molecule has 0 aliphatic rings. The molecule has 3 aromatic rings. The van der Waals surface area contributed by atoms with E-state index in [1.165, 1.54) is 19.2 Å². The first-order valence-corrected chi connectivity index (χ1v) is 10.1. The van der Waals surface area contributed by atoms with Crippen molar-refractivity contribution in [2.24, 2.45) is 0 Å². The summed E-state index contributed by atoms with van der Waals surface area (Å²) in [5.41, 5.74) is 2.05. The monoisotopic (exact) mass is 458 g/mol. The molecule has 3 aromatic carbocycles. The van der Waals surface area contributed by atoms with E-state index < -0.39 is 0 Å². The Morgan fingerprint density at radius 1 is 0.903 bits per heavy atom. The van der Waals surface area contributed by atoms with Crippen LogP contribution in [0.3, 0.4) is 0 Å². The van der Waals surface area contributed by atoms with Gasteiger partial charge in [0.1, 0.15) is 11.5 Å². The maximum atomic E-state index is 12.5. The van der Waals surface area contributed by atoms with Gasteiger partial charge in [-0.05, 0) is 48.9 Å². The lowest BCUT2D eigenvalue weighted by atomic mass is 10.2. The minimum absolute atomic E-state index is 0.182. The topological polar surface area (TPSA) is 76.7 Å². The van der Waals surface area contributed by atoms with E-state index in [-0.39, 0.29) is 23.4 Å². The maximum Gasteiger partial charge on any atom is 0.262 e. The highest BCUT2D eigenvalue weighted by molar-refractivity contribution is 6.34. The van der Waals surface area contributed by atoms with Crippen molar-refractivity contribution in [1.29, 1.82) is 0 Å². The van der Waals surface area contributed by atoms with Gasteiger partial charge >= 0.3 is 0 Å². The second-order valence-corrected chi connectivity index (χ2v) is 7.44. The number of nitrogens with one attached hydrogen (secondary N) is 2. The standard InChI is InChI=1S/C23H20Cl2N2O4/c1-14-5-3-4-6-20(14)31-13-22(28)26-18-12-21(30-2)19(11-17(18)25)27-23(29)15-7-9-16(24)10-8-15/h3-12H,13H2,1-2H3,(H,26,28)(H,27,29). The third-order valence-electron chi connectivity index (χ3n) is 4.37. The van der Waals surface area contributed by atoms with Crippen LogP contribution in [0.1, 0.15) is 15.9 Å². The number of amides is 2. The van der Waals surface area contributed by atoms with Crippen LogP contribution < -0.4 is 20.1 Å². The zero-order valence-electron chi connectivity index (χ0n) is 16.9. The summed E-state index contributed by atoms with van der Waals surface area (Å²) in [6.07, 6.45) is 0. The second kappa shape index (κ2) is 10.2. The van der Waals surface area contributed by atoms with E-state index in [0.717, 1.165) is 5.56 Å². The SMILES string of the molecule is COc1cc(NC(=O)COc2ccccc2C)c(Cl)cc1NC(=O)c1ccc(Cl)cc1. The molecular weight excluding hydrogens is 439 g/mol. The van der Waals surface area contributed by atoms with Crippen LogP contribution in [0.5, 0.6) is 11.5 Å². The van der Waals surface area contributed by atoms with Crippen molar-refractivity contribution >= 4 is 46.4 Å². The van der Waals surface area contributed by atoms with Gasteiger partial charge in [0.05, 0.1) is 23.5 Å². The van der Waals surface area contributed by atoms with Crippen molar-refractivity contribution in [3.8, 4) is 11.5 Å². The number of carbonyl (C=O) groups excluding carboxylic acids is 2. The lowest BCUT2D eigenvalue weighted by Gasteiger charge is -2.15. The first-order chi connectivity index (χ1) is 14.9. The molecule has 0 bridgehead atoms. The first kappa shape index (κ1) is 22.5. The highest BCUT2D eigenvalue weighted by atomic mass is 35.5. The van der Waals surface area contributed by atoms with E-state index in [1.807, 2.05) is 25.1 Å². The van der Waals surface area contributed by atoms with Gasteiger partial charge in [-0.25, -0.2) is 0 Å². The Kier molecular flexibility index (Phi) is 7.39. The molecule has 160 valence electrons. The van der Waals surface area contributed by atoms with Crippen LogP contribution in [0.15, 0.2) is 60.7 Å². The van der Waals surface area contributed by atoms with E-state index in [0.29, 0.717) is 33.5 Å². The van der Waals surface area contributed by atoms with Crippen LogP contribution in [-0.4, -0.2) is 25.5 Å². The summed E-state index contributed by atoms with van der Waals surface area (Å²) in [6, 6.07) is 16.9. The summed E-state index contributed by atoms with van der Waals surface area (Å²) >= 11 is 12.2. The molecule has 0 saturated heterocycles. The van der Waals surface area contributed by atoms with Crippen molar-refractivity contribution in [2.75, 3.05) is 24.4 Å². The van der Waals surface area contributed by atoms with Crippen LogP contribution in [0.2, 0.25) is 10.0 Å². The number of methoxy groups -OCH3 is 1. The minimum atomic E-state index is -0.384. The van der Waals surface area contributed by atoms with Crippen molar-refractivity contribution in [3.63, 3.8) is 0 Å². The van der Waals surface area contributed by atoms with Crippen molar-refractivity contribution < 1.29 is 19.1 Å². The van der Waals surface area contributed by atoms with Crippen LogP contribution >= 0.6 is 23.2 Å². The van der Waals surface area contributed by atoms with Crippen LogP contribution in [0, 0.1) is 6.92 Å². The van der Waals surface area contributed by atoms with Gasteiger partial charge in [-0.2, -0.15) is 0 Å². The summed E-state index contributed by atoms with van der Waals surface area (Å²) in [5, 5.41) is 6.20. The van der Waals surface area contributed by atoms with Gasteiger partial charge in [0, 0.05) is 16.7 Å². The third kappa shape index (κ3) is 5.90. The van der Waals surface area contributed by atoms with E-state index in [1.54, 1.807) is 30.3 Å². The van der Waals surface area contributed by atoms with Crippen LogP contribution in [-0.2, 0) is 4.79 Å². The summed E-state index contributed by atoms with van der Waals surface area (Å²) < 4.78 is 10.9. The second-order valence-electron chi connectivity index (χ2n) is 6.60. The van der Waals surface area contributed by atoms with Gasteiger partial charge < -0.3 is 20.1 Å². The average Bonchev–Trinajstić information content (AvgIpc) is 2.75. The average molecular weight is 459 g/mol. The zero-order valence-corrected chi connectivity index (χ0v) is 18.4.